The first kappa shape index (κ1) is 22.0. The average Bonchev–Trinajstić information content (AvgIpc) is 2.60. The van der Waals surface area contributed by atoms with E-state index in [1.54, 1.807) is 14.2 Å². The van der Waals surface area contributed by atoms with E-state index in [0.717, 1.165) is 17.5 Å². The molecule has 148 valence electrons. The summed E-state index contributed by atoms with van der Waals surface area (Å²) in [6.07, 6.45) is 1.19. The van der Waals surface area contributed by atoms with E-state index in [9.17, 15) is 8.42 Å². The number of hydrogen-bond donors (Lipinski definition) is 1. The van der Waals surface area contributed by atoms with Gasteiger partial charge in [0.05, 0.1) is 32.6 Å². The van der Waals surface area contributed by atoms with E-state index in [1.807, 2.05) is 36.2 Å². The third-order valence-electron chi connectivity index (χ3n) is 3.46. The van der Waals surface area contributed by atoms with Crippen molar-refractivity contribution in [2.45, 2.75) is 0 Å². The van der Waals surface area contributed by atoms with Gasteiger partial charge >= 0.3 is 0 Å². The lowest BCUT2D eigenvalue weighted by Gasteiger charge is -2.22. The Morgan fingerprint density at radius 2 is 1.81 bits per heavy atom. The van der Waals surface area contributed by atoms with Crippen LogP contribution in [0.5, 0.6) is 11.5 Å². The molecule has 0 saturated heterocycles. The van der Waals surface area contributed by atoms with Gasteiger partial charge in [-0.1, -0.05) is 0 Å². The Hall–Kier alpha value is -2.00. The zero-order valence-corrected chi connectivity index (χ0v) is 16.7. The SMILES string of the molecule is CN=C(NCCOCCS(C)(=O)=O)N(C)CCOc1ccc(OC)cc1. The summed E-state index contributed by atoms with van der Waals surface area (Å²) in [5, 5.41) is 3.16. The van der Waals surface area contributed by atoms with Crippen molar-refractivity contribution < 1.29 is 22.6 Å². The zero-order valence-electron chi connectivity index (χ0n) is 15.9. The molecule has 0 aromatic heterocycles. The minimum Gasteiger partial charge on any atom is -0.497 e. The van der Waals surface area contributed by atoms with E-state index in [4.69, 9.17) is 14.2 Å². The molecule has 1 aromatic rings. The molecule has 1 N–H and O–H groups in total. The second-order valence-electron chi connectivity index (χ2n) is 5.66. The summed E-state index contributed by atoms with van der Waals surface area (Å²) >= 11 is 0. The lowest BCUT2D eigenvalue weighted by molar-refractivity contribution is 0.153. The predicted molar refractivity (Wildman–Crippen MR) is 103 cm³/mol. The van der Waals surface area contributed by atoms with Gasteiger partial charge in [0, 0.05) is 26.9 Å². The van der Waals surface area contributed by atoms with Crippen molar-refractivity contribution >= 4 is 15.8 Å². The lowest BCUT2D eigenvalue weighted by Crippen LogP contribution is -2.42. The quantitative estimate of drug-likeness (QED) is 0.339. The highest BCUT2D eigenvalue weighted by molar-refractivity contribution is 7.90. The minimum atomic E-state index is -2.98. The first-order valence-corrected chi connectivity index (χ1v) is 10.4. The molecule has 0 saturated carbocycles. The molecule has 26 heavy (non-hydrogen) atoms. The maximum Gasteiger partial charge on any atom is 0.193 e. The topological polar surface area (TPSA) is 89.5 Å². The molecule has 1 aromatic carbocycles. The van der Waals surface area contributed by atoms with E-state index < -0.39 is 9.84 Å². The monoisotopic (exact) mass is 387 g/mol. The Labute approximate surface area is 156 Å². The molecule has 1 rings (SSSR count). The molecule has 0 bridgehead atoms. The fraction of sp³-hybridized carbons (Fsp3) is 0.588. The van der Waals surface area contributed by atoms with Gasteiger partial charge in [-0.25, -0.2) is 8.42 Å². The number of nitrogens with one attached hydrogen (secondary N) is 1. The van der Waals surface area contributed by atoms with Crippen LogP contribution in [0.1, 0.15) is 0 Å². The molecule has 0 amide bonds. The molecule has 0 aliphatic rings. The zero-order chi connectivity index (χ0) is 19.4. The van der Waals surface area contributed by atoms with Crippen molar-refractivity contribution in [1.29, 1.82) is 0 Å². The number of nitrogens with zero attached hydrogens (tertiary/aromatic N) is 2. The van der Waals surface area contributed by atoms with E-state index in [0.29, 0.717) is 26.3 Å². The van der Waals surface area contributed by atoms with Crippen LogP contribution in [-0.2, 0) is 14.6 Å². The lowest BCUT2D eigenvalue weighted by atomic mass is 10.3. The summed E-state index contributed by atoms with van der Waals surface area (Å²) in [4.78, 5) is 6.15. The van der Waals surface area contributed by atoms with Crippen LogP contribution in [0.25, 0.3) is 0 Å². The summed E-state index contributed by atoms with van der Waals surface area (Å²) in [7, 11) is 2.26. The second-order valence-corrected chi connectivity index (χ2v) is 7.92. The first-order chi connectivity index (χ1) is 12.4. The van der Waals surface area contributed by atoms with Crippen LogP contribution in [0.3, 0.4) is 0 Å². The molecule has 0 aliphatic carbocycles. The number of sulfone groups is 1. The molecule has 0 radical (unpaired) electrons. The van der Waals surface area contributed by atoms with Crippen LogP contribution < -0.4 is 14.8 Å². The van der Waals surface area contributed by atoms with Crippen molar-refractivity contribution in [2.75, 3.05) is 66.1 Å². The number of aliphatic imine (C=N–C) groups is 1. The fourth-order valence-corrected chi connectivity index (χ4v) is 2.43. The van der Waals surface area contributed by atoms with Crippen molar-refractivity contribution in [3.8, 4) is 11.5 Å². The Bertz CT molecular complexity index is 647. The summed E-state index contributed by atoms with van der Waals surface area (Å²) in [6.45, 7) is 2.31. The predicted octanol–water partition coefficient (Wildman–Crippen LogP) is 0.642. The number of hydrogen-bond acceptors (Lipinski definition) is 6. The van der Waals surface area contributed by atoms with Gasteiger partial charge in [-0.15, -0.1) is 0 Å². The van der Waals surface area contributed by atoms with E-state index in [2.05, 4.69) is 10.3 Å². The molecule has 9 heteroatoms. The molecule has 0 atom stereocenters. The van der Waals surface area contributed by atoms with E-state index in [1.165, 1.54) is 6.26 Å². The number of rotatable bonds is 11. The van der Waals surface area contributed by atoms with Crippen molar-refractivity contribution in [1.82, 2.24) is 10.2 Å². The van der Waals surface area contributed by atoms with Gasteiger partial charge in [-0.3, -0.25) is 4.99 Å². The highest BCUT2D eigenvalue weighted by Gasteiger charge is 2.06. The van der Waals surface area contributed by atoms with Gasteiger partial charge in [-0.2, -0.15) is 0 Å². The molecule has 0 heterocycles. The van der Waals surface area contributed by atoms with Gasteiger partial charge < -0.3 is 24.4 Å². The standard InChI is InChI=1S/C17H29N3O5S/c1-18-17(19-9-11-24-13-14-26(4,21)22)20(2)10-12-25-16-7-5-15(23-3)6-8-16/h5-8H,9-14H2,1-4H3,(H,18,19). The molecular formula is C17H29N3O5S. The maximum atomic E-state index is 11.0. The van der Waals surface area contributed by atoms with Gasteiger partial charge in [0.1, 0.15) is 27.9 Å². The van der Waals surface area contributed by atoms with E-state index in [-0.39, 0.29) is 12.4 Å². The number of methoxy groups -OCH3 is 1. The van der Waals surface area contributed by atoms with Gasteiger partial charge in [0.15, 0.2) is 5.96 Å². The average molecular weight is 388 g/mol. The fourth-order valence-electron chi connectivity index (χ4n) is 2.01. The smallest absolute Gasteiger partial charge is 0.193 e. The van der Waals surface area contributed by atoms with Gasteiger partial charge in [0.25, 0.3) is 0 Å². The minimum absolute atomic E-state index is 0.0321. The molecule has 0 unspecified atom stereocenters. The van der Waals surface area contributed by atoms with Crippen molar-refractivity contribution in [2.24, 2.45) is 4.99 Å². The van der Waals surface area contributed by atoms with Crippen LogP contribution >= 0.6 is 0 Å². The van der Waals surface area contributed by atoms with Crippen LogP contribution in [0.15, 0.2) is 29.3 Å². The normalized spacial score (nSPS) is 11.9. The van der Waals surface area contributed by atoms with Crippen molar-refractivity contribution in [3.05, 3.63) is 24.3 Å². The van der Waals surface area contributed by atoms with Gasteiger partial charge in [-0.05, 0) is 24.3 Å². The number of likely N-dealkylation sites (N-methyl/N-ethyl adjacent to an activating group) is 1. The van der Waals surface area contributed by atoms with Crippen molar-refractivity contribution in [3.63, 3.8) is 0 Å². The molecule has 0 fully saturated rings. The first-order valence-electron chi connectivity index (χ1n) is 8.30. The number of guanidine groups is 1. The number of ether oxygens (including phenoxy) is 3. The summed E-state index contributed by atoms with van der Waals surface area (Å²) in [5.41, 5.74) is 0. The number of benzene rings is 1. The molecule has 0 aliphatic heterocycles. The highest BCUT2D eigenvalue weighted by Crippen LogP contribution is 2.16. The summed E-state index contributed by atoms with van der Waals surface area (Å²) < 4.78 is 38.1. The molecule has 8 nitrogen and oxygen atoms in total. The summed E-state index contributed by atoms with van der Waals surface area (Å²) in [5.74, 6) is 2.32. The largest absolute Gasteiger partial charge is 0.497 e. The van der Waals surface area contributed by atoms with Crippen LogP contribution in [0.4, 0.5) is 0 Å². The Balaban J connectivity index is 2.23. The Morgan fingerprint density at radius 1 is 1.15 bits per heavy atom. The molecular weight excluding hydrogens is 358 g/mol. The van der Waals surface area contributed by atoms with E-state index >= 15 is 0 Å². The third-order valence-corrected chi connectivity index (χ3v) is 4.36. The molecule has 0 spiro atoms. The second kappa shape index (κ2) is 11.6. The van der Waals surface area contributed by atoms with Crippen LogP contribution in [0, 0.1) is 0 Å². The Morgan fingerprint density at radius 3 is 2.38 bits per heavy atom. The maximum absolute atomic E-state index is 11.0. The van der Waals surface area contributed by atoms with Crippen LogP contribution in [-0.4, -0.2) is 85.4 Å². The third kappa shape index (κ3) is 9.47. The Kier molecular flexibility index (Phi) is 9.82. The van der Waals surface area contributed by atoms with Crippen LogP contribution in [0.2, 0.25) is 0 Å². The van der Waals surface area contributed by atoms with Gasteiger partial charge in [0.2, 0.25) is 0 Å². The summed E-state index contributed by atoms with van der Waals surface area (Å²) in [6, 6.07) is 7.42. The highest BCUT2D eigenvalue weighted by atomic mass is 32.2.